The standard InChI is InChI=1S/C57H98O12/c1-4-7-10-13-16-19-22-24-25-27-29-31-34-37-40-43-49(58)65-46-48(67-50(59)44-41-38-35-33-30-26-23-20-17-14-11-8-5-2)47-66-57-55(53(62)52(61)54(69-57)56(63)64)68-51(60)45-42-39-36-32-28-21-18-15-12-9-6-3/h8,11,15,17-18,20,26,30,48,52-55,57,61-62H,4-7,9-10,12-14,16,19,21-25,27-29,31-47H2,1-3H3,(H,63,64)/b11-8-,18-15-,20-17-,30-26-. The number of carboxylic acid groups (broad SMARTS) is 1. The first kappa shape index (κ1) is 63.7. The first-order valence-electron chi connectivity index (χ1n) is 27.6. The number of unbranched alkanes of at least 4 members (excludes halogenated alkanes) is 24. The molecule has 1 saturated heterocycles. The number of aliphatic carboxylic acids is 1. The fourth-order valence-electron chi connectivity index (χ4n) is 8.13. The fourth-order valence-corrected chi connectivity index (χ4v) is 8.13. The van der Waals surface area contributed by atoms with Gasteiger partial charge in [0, 0.05) is 19.3 Å². The zero-order chi connectivity index (χ0) is 50.4. The molecule has 1 heterocycles. The van der Waals surface area contributed by atoms with Gasteiger partial charge < -0.3 is 39.0 Å². The minimum atomic E-state index is -1.91. The maximum absolute atomic E-state index is 13.1. The Morgan fingerprint density at radius 1 is 0.493 bits per heavy atom. The van der Waals surface area contributed by atoms with Crippen LogP contribution in [0.5, 0.6) is 0 Å². The molecule has 3 N–H and O–H groups in total. The van der Waals surface area contributed by atoms with E-state index in [0.29, 0.717) is 19.3 Å². The summed E-state index contributed by atoms with van der Waals surface area (Å²) in [6.45, 7) is 5.80. The van der Waals surface area contributed by atoms with Crippen LogP contribution in [0.4, 0.5) is 0 Å². The van der Waals surface area contributed by atoms with Crippen molar-refractivity contribution in [2.45, 2.75) is 276 Å². The van der Waals surface area contributed by atoms with Crippen molar-refractivity contribution in [3.63, 3.8) is 0 Å². The molecule has 12 heteroatoms. The van der Waals surface area contributed by atoms with Crippen LogP contribution in [0.25, 0.3) is 0 Å². The molecule has 0 aromatic heterocycles. The molecule has 1 rings (SSSR count). The van der Waals surface area contributed by atoms with Crippen LogP contribution in [0, 0.1) is 0 Å². The average Bonchev–Trinajstić information content (AvgIpc) is 3.33. The van der Waals surface area contributed by atoms with Crippen molar-refractivity contribution in [1.82, 2.24) is 0 Å². The fraction of sp³-hybridized carbons (Fsp3) is 0.789. The number of carboxylic acids is 1. The van der Waals surface area contributed by atoms with Crippen molar-refractivity contribution in [2.24, 2.45) is 0 Å². The molecule has 1 aliphatic heterocycles. The third kappa shape index (κ3) is 36.3. The van der Waals surface area contributed by atoms with Gasteiger partial charge in [0.2, 0.25) is 0 Å². The lowest BCUT2D eigenvalue weighted by atomic mass is 9.98. The molecule has 0 saturated carbocycles. The maximum Gasteiger partial charge on any atom is 0.335 e. The molecule has 0 aliphatic carbocycles. The Labute approximate surface area is 418 Å². The van der Waals surface area contributed by atoms with Crippen molar-refractivity contribution in [3.05, 3.63) is 48.6 Å². The Morgan fingerprint density at radius 2 is 0.928 bits per heavy atom. The molecule has 0 aromatic rings. The van der Waals surface area contributed by atoms with Crippen molar-refractivity contribution in [3.8, 4) is 0 Å². The number of hydrogen-bond acceptors (Lipinski definition) is 11. The summed E-state index contributed by atoms with van der Waals surface area (Å²) < 4.78 is 28.3. The lowest BCUT2D eigenvalue weighted by Crippen LogP contribution is -2.61. The van der Waals surface area contributed by atoms with Gasteiger partial charge in [-0.2, -0.15) is 0 Å². The highest BCUT2D eigenvalue weighted by molar-refractivity contribution is 5.74. The van der Waals surface area contributed by atoms with Gasteiger partial charge in [-0.3, -0.25) is 14.4 Å². The topological polar surface area (TPSA) is 175 Å². The summed E-state index contributed by atoms with van der Waals surface area (Å²) in [7, 11) is 0. The third-order valence-corrected chi connectivity index (χ3v) is 12.4. The van der Waals surface area contributed by atoms with Gasteiger partial charge in [-0.15, -0.1) is 0 Å². The van der Waals surface area contributed by atoms with Gasteiger partial charge in [-0.1, -0.05) is 198 Å². The highest BCUT2D eigenvalue weighted by atomic mass is 16.7. The quantitative estimate of drug-likeness (QED) is 0.0228. The van der Waals surface area contributed by atoms with E-state index in [2.05, 4.69) is 69.4 Å². The van der Waals surface area contributed by atoms with Crippen molar-refractivity contribution < 1.29 is 58.2 Å². The molecule has 12 nitrogen and oxygen atoms in total. The van der Waals surface area contributed by atoms with E-state index >= 15 is 0 Å². The second-order valence-corrected chi connectivity index (χ2v) is 18.8. The van der Waals surface area contributed by atoms with E-state index in [9.17, 15) is 34.5 Å². The summed E-state index contributed by atoms with van der Waals surface area (Å²) in [6.07, 6.45) is 41.0. The van der Waals surface area contributed by atoms with E-state index < -0.39 is 67.3 Å². The summed E-state index contributed by atoms with van der Waals surface area (Å²) in [5.74, 6) is -3.16. The van der Waals surface area contributed by atoms with Crippen LogP contribution in [0.2, 0.25) is 0 Å². The number of hydrogen-bond donors (Lipinski definition) is 3. The van der Waals surface area contributed by atoms with Crippen LogP contribution in [0.1, 0.15) is 239 Å². The Balaban J connectivity index is 2.73. The second kappa shape index (κ2) is 45.8. The van der Waals surface area contributed by atoms with Crippen LogP contribution in [-0.2, 0) is 42.9 Å². The van der Waals surface area contributed by atoms with Crippen LogP contribution < -0.4 is 0 Å². The van der Waals surface area contributed by atoms with Crippen LogP contribution >= 0.6 is 0 Å². The molecular weight excluding hydrogens is 877 g/mol. The minimum Gasteiger partial charge on any atom is -0.479 e. The minimum absolute atomic E-state index is 0.0473. The lowest BCUT2D eigenvalue weighted by molar-refractivity contribution is -0.301. The summed E-state index contributed by atoms with van der Waals surface area (Å²) in [5, 5.41) is 31.3. The van der Waals surface area contributed by atoms with Gasteiger partial charge in [-0.05, 0) is 70.6 Å². The molecule has 1 aliphatic rings. The SMILES string of the molecule is CC/C=C\C/C=C\C/C=C\CCCCCC(=O)OC(COC(=O)CCCCCCCCCCCCCCCCC)COC1OC(C(=O)O)C(O)C(O)C1OC(=O)CCCCCCC/C=C\CCCC. The van der Waals surface area contributed by atoms with E-state index in [-0.39, 0.29) is 25.9 Å². The molecule has 0 bridgehead atoms. The van der Waals surface area contributed by atoms with Crippen LogP contribution in [0.15, 0.2) is 48.6 Å². The molecule has 0 aromatic carbocycles. The van der Waals surface area contributed by atoms with Crippen LogP contribution in [-0.4, -0.2) is 89.2 Å². The summed E-state index contributed by atoms with van der Waals surface area (Å²) in [4.78, 5) is 50.9. The third-order valence-electron chi connectivity index (χ3n) is 12.4. The Bertz CT molecular complexity index is 1390. The summed E-state index contributed by atoms with van der Waals surface area (Å²) in [6, 6.07) is 0. The van der Waals surface area contributed by atoms with Gasteiger partial charge in [-0.25, -0.2) is 4.79 Å². The predicted molar refractivity (Wildman–Crippen MR) is 276 cm³/mol. The van der Waals surface area contributed by atoms with E-state index in [1.807, 2.05) is 0 Å². The normalized spacial score (nSPS) is 19.0. The molecule has 69 heavy (non-hydrogen) atoms. The molecule has 0 amide bonds. The number of carbonyl (C=O) groups is 4. The zero-order valence-electron chi connectivity index (χ0n) is 43.6. The number of ether oxygens (including phenoxy) is 5. The second-order valence-electron chi connectivity index (χ2n) is 18.8. The van der Waals surface area contributed by atoms with Crippen LogP contribution in [0.3, 0.4) is 0 Å². The summed E-state index contributed by atoms with van der Waals surface area (Å²) in [5.41, 5.74) is 0. The molecule has 0 radical (unpaired) electrons. The lowest BCUT2D eigenvalue weighted by Gasteiger charge is -2.40. The average molecular weight is 975 g/mol. The number of esters is 3. The maximum atomic E-state index is 13.1. The van der Waals surface area contributed by atoms with Gasteiger partial charge in [0.25, 0.3) is 0 Å². The molecular formula is C57H98O12. The predicted octanol–water partition coefficient (Wildman–Crippen LogP) is 13.4. The highest BCUT2D eigenvalue weighted by Crippen LogP contribution is 2.26. The molecule has 1 fully saturated rings. The number of aliphatic hydroxyl groups is 2. The first-order valence-corrected chi connectivity index (χ1v) is 27.6. The van der Waals surface area contributed by atoms with Crippen molar-refractivity contribution in [2.75, 3.05) is 13.2 Å². The molecule has 6 atom stereocenters. The highest BCUT2D eigenvalue weighted by Gasteiger charge is 2.50. The molecule has 398 valence electrons. The number of allylic oxidation sites excluding steroid dienone is 8. The summed E-state index contributed by atoms with van der Waals surface area (Å²) >= 11 is 0. The Morgan fingerprint density at radius 3 is 1.46 bits per heavy atom. The Kier molecular flexibility index (Phi) is 42.3. The van der Waals surface area contributed by atoms with E-state index in [4.69, 9.17) is 23.7 Å². The van der Waals surface area contributed by atoms with Gasteiger partial charge in [0.15, 0.2) is 24.6 Å². The zero-order valence-corrected chi connectivity index (χ0v) is 43.6. The Hall–Kier alpha value is -3.32. The molecule has 6 unspecified atom stereocenters. The molecule has 0 spiro atoms. The van der Waals surface area contributed by atoms with E-state index in [1.165, 1.54) is 83.5 Å². The van der Waals surface area contributed by atoms with Gasteiger partial charge >= 0.3 is 23.9 Å². The van der Waals surface area contributed by atoms with Gasteiger partial charge in [0.05, 0.1) is 6.61 Å². The first-order chi connectivity index (χ1) is 33.6. The smallest absolute Gasteiger partial charge is 0.335 e. The monoisotopic (exact) mass is 975 g/mol. The van der Waals surface area contributed by atoms with E-state index in [1.54, 1.807) is 0 Å². The number of aliphatic hydroxyl groups excluding tert-OH is 2. The van der Waals surface area contributed by atoms with Crippen molar-refractivity contribution >= 4 is 23.9 Å². The number of rotatable bonds is 46. The van der Waals surface area contributed by atoms with E-state index in [0.717, 1.165) is 96.3 Å². The van der Waals surface area contributed by atoms with Gasteiger partial charge in [0.1, 0.15) is 18.8 Å². The van der Waals surface area contributed by atoms with Crippen molar-refractivity contribution in [1.29, 1.82) is 0 Å². The largest absolute Gasteiger partial charge is 0.479 e. The number of carbonyl (C=O) groups excluding carboxylic acids is 3.